The van der Waals surface area contributed by atoms with Gasteiger partial charge in [-0.15, -0.1) is 0 Å². The zero-order chi connectivity index (χ0) is 14.2. The van der Waals surface area contributed by atoms with E-state index < -0.39 is 17.8 Å². The lowest BCUT2D eigenvalue weighted by atomic mass is 9.84. The first-order chi connectivity index (χ1) is 8.81. The van der Waals surface area contributed by atoms with Gasteiger partial charge in [-0.3, -0.25) is 4.79 Å². The van der Waals surface area contributed by atoms with Crippen LogP contribution < -0.4 is 9.47 Å². The van der Waals surface area contributed by atoms with Crippen LogP contribution in [0.25, 0.3) is 0 Å². The van der Waals surface area contributed by atoms with Crippen molar-refractivity contribution in [1.29, 1.82) is 0 Å². The molecule has 0 unspecified atom stereocenters. The smallest absolute Gasteiger partial charge is 0.309 e. The van der Waals surface area contributed by atoms with E-state index >= 15 is 0 Å². The predicted octanol–water partition coefficient (Wildman–Crippen LogP) is 3.01. The maximum atomic E-state index is 13.0. The summed E-state index contributed by atoms with van der Waals surface area (Å²) >= 11 is 0. The van der Waals surface area contributed by atoms with E-state index in [0.29, 0.717) is 5.75 Å². The number of carboxylic acid groups (broad SMARTS) is 1. The fourth-order valence-electron chi connectivity index (χ4n) is 1.91. The Balaban J connectivity index is 2.41. The normalized spacial score (nSPS) is 13.9. The van der Waals surface area contributed by atoms with Gasteiger partial charge in [0.2, 0.25) is 6.79 Å². The van der Waals surface area contributed by atoms with Crippen LogP contribution in [0.3, 0.4) is 0 Å². The fourth-order valence-corrected chi connectivity index (χ4v) is 1.91. The second-order valence-electron chi connectivity index (χ2n) is 5.07. The maximum Gasteiger partial charge on any atom is 0.309 e. The number of carbonyl (C=O) groups is 1. The van der Waals surface area contributed by atoms with Crippen molar-refractivity contribution in [2.45, 2.75) is 26.7 Å². The van der Waals surface area contributed by atoms with Gasteiger partial charge in [0.15, 0.2) is 11.5 Å². The van der Waals surface area contributed by atoms with E-state index in [1.165, 1.54) is 26.0 Å². The first kappa shape index (κ1) is 13.6. The molecule has 0 bridgehead atoms. The lowest BCUT2D eigenvalue weighted by molar-refractivity contribution is -0.146. The molecule has 1 aliphatic heterocycles. The lowest BCUT2D eigenvalue weighted by Gasteiger charge is -2.21. The van der Waals surface area contributed by atoms with Crippen molar-refractivity contribution in [2.75, 3.05) is 6.79 Å². The van der Waals surface area contributed by atoms with Gasteiger partial charge in [0.05, 0.1) is 5.41 Å². The number of hydrogen-bond donors (Lipinski definition) is 1. The van der Waals surface area contributed by atoms with Crippen LogP contribution in [0.4, 0.5) is 8.78 Å². The van der Waals surface area contributed by atoms with E-state index in [1.54, 1.807) is 0 Å². The minimum atomic E-state index is -2.69. The number of rotatable bonds is 4. The summed E-state index contributed by atoms with van der Waals surface area (Å²) in [6.07, 6.45) is -2.69. The van der Waals surface area contributed by atoms with Crippen LogP contribution >= 0.6 is 0 Å². The molecule has 104 valence electrons. The lowest BCUT2D eigenvalue weighted by Crippen LogP contribution is -2.26. The van der Waals surface area contributed by atoms with E-state index in [-0.39, 0.29) is 30.1 Å². The van der Waals surface area contributed by atoms with Gasteiger partial charge >= 0.3 is 5.97 Å². The molecule has 1 aromatic rings. The van der Waals surface area contributed by atoms with Gasteiger partial charge in [0.25, 0.3) is 6.43 Å². The quantitative estimate of drug-likeness (QED) is 0.915. The molecule has 1 heterocycles. The minimum Gasteiger partial charge on any atom is -0.481 e. The average Bonchev–Trinajstić information content (AvgIpc) is 2.73. The Morgan fingerprint density at radius 2 is 1.95 bits per heavy atom. The summed E-state index contributed by atoms with van der Waals surface area (Å²) in [5.74, 6) is -0.391. The van der Waals surface area contributed by atoms with E-state index in [9.17, 15) is 13.6 Å². The number of carboxylic acids is 1. The van der Waals surface area contributed by atoms with Crippen molar-refractivity contribution in [2.24, 2.45) is 5.41 Å². The Labute approximate surface area is 108 Å². The molecule has 0 saturated heterocycles. The van der Waals surface area contributed by atoms with Crippen molar-refractivity contribution >= 4 is 5.97 Å². The highest BCUT2D eigenvalue weighted by Gasteiger charge is 2.31. The van der Waals surface area contributed by atoms with Gasteiger partial charge in [-0.25, -0.2) is 8.78 Å². The van der Waals surface area contributed by atoms with Gasteiger partial charge in [0, 0.05) is 5.56 Å². The second-order valence-corrected chi connectivity index (χ2v) is 5.07. The highest BCUT2D eigenvalue weighted by molar-refractivity contribution is 5.74. The molecule has 0 aliphatic carbocycles. The molecule has 1 aromatic carbocycles. The van der Waals surface area contributed by atoms with E-state index in [4.69, 9.17) is 14.6 Å². The first-order valence-electron chi connectivity index (χ1n) is 5.75. The summed E-state index contributed by atoms with van der Waals surface area (Å²) in [6, 6.07) is 2.66. The minimum absolute atomic E-state index is 0.00134. The molecule has 19 heavy (non-hydrogen) atoms. The molecule has 2 rings (SSSR count). The number of aliphatic carboxylic acids is 1. The van der Waals surface area contributed by atoms with Crippen LogP contribution in [0.1, 0.15) is 31.4 Å². The fraction of sp³-hybridized carbons (Fsp3) is 0.462. The Bertz CT molecular complexity index is 512. The monoisotopic (exact) mass is 272 g/mol. The molecule has 0 fully saturated rings. The summed E-state index contributed by atoms with van der Waals surface area (Å²) in [4.78, 5) is 11.1. The third-order valence-electron chi connectivity index (χ3n) is 3.08. The molecule has 0 spiro atoms. The van der Waals surface area contributed by atoms with Gasteiger partial charge < -0.3 is 14.6 Å². The summed E-state index contributed by atoms with van der Waals surface area (Å²) in [7, 11) is 0. The van der Waals surface area contributed by atoms with Crippen LogP contribution in [0.5, 0.6) is 11.5 Å². The topological polar surface area (TPSA) is 55.8 Å². The van der Waals surface area contributed by atoms with Crippen molar-refractivity contribution in [3.63, 3.8) is 0 Å². The Kier molecular flexibility index (Phi) is 3.34. The number of fused-ring (bicyclic) bond motifs is 1. The molecule has 0 saturated carbocycles. The average molecular weight is 272 g/mol. The van der Waals surface area contributed by atoms with E-state index in [0.717, 1.165) is 0 Å². The zero-order valence-corrected chi connectivity index (χ0v) is 10.6. The van der Waals surface area contributed by atoms with Gasteiger partial charge in [-0.2, -0.15) is 0 Å². The molecular formula is C13H14F2O4. The summed E-state index contributed by atoms with van der Waals surface area (Å²) < 4.78 is 36.2. The third-order valence-corrected chi connectivity index (χ3v) is 3.08. The van der Waals surface area contributed by atoms with Crippen LogP contribution in [-0.4, -0.2) is 17.9 Å². The highest BCUT2D eigenvalue weighted by atomic mass is 19.3. The standard InChI is InChI=1S/C13H14F2O4/c1-13(2,12(16)17)5-7-3-9-10(19-6-18-9)4-8(7)11(14)15/h3-4,11H,5-6H2,1-2H3,(H,16,17). The van der Waals surface area contributed by atoms with Crippen LogP contribution in [0.15, 0.2) is 12.1 Å². The molecule has 1 N–H and O–H groups in total. The van der Waals surface area contributed by atoms with Gasteiger partial charge in [-0.1, -0.05) is 0 Å². The molecule has 0 radical (unpaired) electrons. The molecule has 1 aliphatic rings. The predicted molar refractivity (Wildman–Crippen MR) is 62.6 cm³/mol. The van der Waals surface area contributed by atoms with E-state index in [1.807, 2.05) is 0 Å². The number of ether oxygens (including phenoxy) is 2. The van der Waals surface area contributed by atoms with Crippen molar-refractivity contribution in [1.82, 2.24) is 0 Å². The van der Waals surface area contributed by atoms with Gasteiger partial charge in [0.1, 0.15) is 0 Å². The SMILES string of the molecule is CC(C)(Cc1cc2c(cc1C(F)F)OCO2)C(=O)O. The Hall–Kier alpha value is -1.85. The number of benzene rings is 1. The molecule has 6 heteroatoms. The van der Waals surface area contributed by atoms with Crippen molar-refractivity contribution in [3.8, 4) is 11.5 Å². The largest absolute Gasteiger partial charge is 0.481 e. The first-order valence-corrected chi connectivity index (χ1v) is 5.75. The summed E-state index contributed by atoms with van der Waals surface area (Å²) in [5, 5.41) is 9.08. The van der Waals surface area contributed by atoms with Crippen LogP contribution in [0.2, 0.25) is 0 Å². The highest BCUT2D eigenvalue weighted by Crippen LogP contribution is 2.40. The van der Waals surface area contributed by atoms with Crippen molar-refractivity contribution in [3.05, 3.63) is 23.3 Å². The Morgan fingerprint density at radius 3 is 2.47 bits per heavy atom. The molecule has 0 aromatic heterocycles. The zero-order valence-electron chi connectivity index (χ0n) is 10.6. The van der Waals surface area contributed by atoms with Gasteiger partial charge in [-0.05, 0) is 38.0 Å². The molecule has 4 nitrogen and oxygen atoms in total. The van der Waals surface area contributed by atoms with Crippen molar-refractivity contribution < 1.29 is 28.2 Å². The summed E-state index contributed by atoms with van der Waals surface area (Å²) in [5.41, 5.74) is -1.07. The van der Waals surface area contributed by atoms with E-state index in [2.05, 4.69) is 0 Å². The third kappa shape index (κ3) is 2.62. The number of alkyl halides is 2. The Morgan fingerprint density at radius 1 is 1.37 bits per heavy atom. The maximum absolute atomic E-state index is 13.0. The van der Waals surface area contributed by atoms with Crippen LogP contribution in [0, 0.1) is 5.41 Å². The van der Waals surface area contributed by atoms with Crippen LogP contribution in [-0.2, 0) is 11.2 Å². The molecule has 0 atom stereocenters. The molecule has 0 amide bonds. The number of halogens is 2. The summed E-state index contributed by atoms with van der Waals surface area (Å²) in [6.45, 7) is 2.98. The number of hydrogen-bond acceptors (Lipinski definition) is 3. The second kappa shape index (κ2) is 4.68. The molecular weight excluding hydrogens is 258 g/mol.